The molecule has 3 rings (SSSR count). The second-order valence-corrected chi connectivity index (χ2v) is 6.97. The Morgan fingerprint density at radius 2 is 1.92 bits per heavy atom. The van der Waals surface area contributed by atoms with E-state index in [1.165, 1.54) is 9.58 Å². The molecule has 1 aromatic heterocycles. The third-order valence-corrected chi connectivity index (χ3v) is 4.78. The summed E-state index contributed by atoms with van der Waals surface area (Å²) in [7, 11) is 1.62. The first kappa shape index (κ1) is 17.6. The van der Waals surface area contributed by atoms with Gasteiger partial charge in [-0.1, -0.05) is 45.7 Å². The summed E-state index contributed by atoms with van der Waals surface area (Å²) in [6.45, 7) is 1.66. The molecule has 0 bridgehead atoms. The summed E-state index contributed by atoms with van der Waals surface area (Å²) in [6, 6.07) is 12.5. The number of carbonyl (C=O) groups is 1. The molecular formula is C18H15BrClN3O2. The van der Waals surface area contributed by atoms with E-state index in [1.54, 1.807) is 37.4 Å². The number of amides is 1. The van der Waals surface area contributed by atoms with E-state index in [2.05, 4.69) is 21.0 Å². The number of likely N-dealkylation sites (N-methyl/N-ethyl adjacent to an activating group) is 1. The Morgan fingerprint density at radius 3 is 2.60 bits per heavy atom. The Labute approximate surface area is 158 Å². The Kier molecular flexibility index (Phi) is 4.92. The van der Waals surface area contributed by atoms with Crippen LogP contribution >= 0.6 is 27.5 Å². The molecule has 0 aliphatic rings. The average Bonchev–Trinajstić information content (AvgIpc) is 2.59. The van der Waals surface area contributed by atoms with Crippen LogP contribution in [0.4, 0.5) is 5.69 Å². The molecule has 1 heterocycles. The Hall–Kier alpha value is -2.18. The number of fused-ring (bicyclic) bond motifs is 1. The number of anilines is 1. The van der Waals surface area contributed by atoms with Gasteiger partial charge in [0.2, 0.25) is 5.91 Å². The van der Waals surface area contributed by atoms with Gasteiger partial charge in [-0.2, -0.15) is 5.10 Å². The largest absolute Gasteiger partial charge is 0.312 e. The number of aromatic nitrogens is 2. The zero-order valence-corrected chi connectivity index (χ0v) is 16.0. The number of halogens is 2. The third-order valence-electron chi connectivity index (χ3n) is 3.98. The minimum atomic E-state index is -0.287. The molecule has 0 aliphatic carbocycles. The molecule has 3 aromatic rings. The molecule has 25 heavy (non-hydrogen) atoms. The van der Waals surface area contributed by atoms with Crippen molar-refractivity contribution in [2.45, 2.75) is 13.5 Å². The van der Waals surface area contributed by atoms with E-state index in [0.29, 0.717) is 21.8 Å². The van der Waals surface area contributed by atoms with Crippen LogP contribution in [0, 0.1) is 6.92 Å². The minimum absolute atomic E-state index is 0.159. The van der Waals surface area contributed by atoms with Gasteiger partial charge in [-0.05, 0) is 31.2 Å². The summed E-state index contributed by atoms with van der Waals surface area (Å²) in [5.74, 6) is -0.284. The van der Waals surface area contributed by atoms with Crippen molar-refractivity contribution in [1.29, 1.82) is 0 Å². The van der Waals surface area contributed by atoms with Crippen LogP contribution in [0.1, 0.15) is 5.69 Å². The van der Waals surface area contributed by atoms with Gasteiger partial charge in [-0.3, -0.25) is 9.59 Å². The van der Waals surface area contributed by atoms with E-state index >= 15 is 0 Å². The van der Waals surface area contributed by atoms with Gasteiger partial charge in [0.1, 0.15) is 6.54 Å². The molecule has 0 spiro atoms. The first-order valence-corrected chi connectivity index (χ1v) is 8.73. The van der Waals surface area contributed by atoms with Crippen LogP contribution in [-0.4, -0.2) is 22.7 Å². The fourth-order valence-electron chi connectivity index (χ4n) is 2.63. The molecule has 0 atom stereocenters. The van der Waals surface area contributed by atoms with Gasteiger partial charge in [0.15, 0.2) is 0 Å². The summed E-state index contributed by atoms with van der Waals surface area (Å²) in [4.78, 5) is 26.6. The fraction of sp³-hybridized carbons (Fsp3) is 0.167. The van der Waals surface area contributed by atoms with Crippen molar-refractivity contribution >= 4 is 49.9 Å². The summed E-state index contributed by atoms with van der Waals surface area (Å²) in [5, 5.41) is 6.05. The van der Waals surface area contributed by atoms with Crippen LogP contribution in [-0.2, 0) is 11.3 Å². The Balaban J connectivity index is 1.94. The molecule has 0 unspecified atom stereocenters. The van der Waals surface area contributed by atoms with Crippen molar-refractivity contribution in [2.75, 3.05) is 11.9 Å². The SMILES string of the molecule is Cc1nn(CC(=O)N(C)c2ccc(Br)cc2Cl)c(=O)c2ccccc12. The highest BCUT2D eigenvalue weighted by atomic mass is 79.9. The molecule has 0 fully saturated rings. The van der Waals surface area contributed by atoms with Gasteiger partial charge in [-0.15, -0.1) is 0 Å². The van der Waals surface area contributed by atoms with E-state index in [0.717, 1.165) is 9.86 Å². The van der Waals surface area contributed by atoms with Gasteiger partial charge in [0.05, 0.1) is 21.8 Å². The number of aryl methyl sites for hydroxylation is 1. The molecule has 0 N–H and O–H groups in total. The van der Waals surface area contributed by atoms with Gasteiger partial charge in [0, 0.05) is 16.9 Å². The van der Waals surface area contributed by atoms with Crippen LogP contribution in [0.5, 0.6) is 0 Å². The minimum Gasteiger partial charge on any atom is -0.312 e. The van der Waals surface area contributed by atoms with Crippen molar-refractivity contribution in [1.82, 2.24) is 9.78 Å². The van der Waals surface area contributed by atoms with Crippen LogP contribution in [0.15, 0.2) is 51.7 Å². The fourth-order valence-corrected chi connectivity index (χ4v) is 3.43. The normalized spacial score (nSPS) is 10.9. The zero-order chi connectivity index (χ0) is 18.1. The second-order valence-electron chi connectivity index (χ2n) is 5.64. The molecule has 2 aromatic carbocycles. The van der Waals surface area contributed by atoms with Crippen LogP contribution in [0.3, 0.4) is 0 Å². The number of hydrogen-bond donors (Lipinski definition) is 0. The Morgan fingerprint density at radius 1 is 1.24 bits per heavy atom. The van der Waals surface area contributed by atoms with E-state index in [-0.39, 0.29) is 18.0 Å². The average molecular weight is 421 g/mol. The lowest BCUT2D eigenvalue weighted by atomic mass is 10.1. The lowest BCUT2D eigenvalue weighted by molar-refractivity contribution is -0.119. The lowest BCUT2D eigenvalue weighted by Gasteiger charge is -2.19. The summed E-state index contributed by atoms with van der Waals surface area (Å²) in [6.07, 6.45) is 0. The molecule has 0 radical (unpaired) electrons. The Bertz CT molecular complexity index is 1030. The predicted octanol–water partition coefficient (Wildman–Crippen LogP) is 3.78. The number of hydrogen-bond acceptors (Lipinski definition) is 3. The molecule has 0 aliphatic heterocycles. The molecule has 0 saturated carbocycles. The van der Waals surface area contributed by atoms with Crippen molar-refractivity contribution in [3.05, 3.63) is 68.0 Å². The molecule has 1 amide bonds. The van der Waals surface area contributed by atoms with E-state index < -0.39 is 0 Å². The predicted molar refractivity (Wildman–Crippen MR) is 103 cm³/mol. The smallest absolute Gasteiger partial charge is 0.275 e. The van der Waals surface area contributed by atoms with Crippen LogP contribution in [0.2, 0.25) is 5.02 Å². The number of nitrogens with zero attached hydrogens (tertiary/aromatic N) is 3. The van der Waals surface area contributed by atoms with E-state index in [9.17, 15) is 9.59 Å². The van der Waals surface area contributed by atoms with Gasteiger partial charge >= 0.3 is 0 Å². The van der Waals surface area contributed by atoms with E-state index in [1.807, 2.05) is 19.1 Å². The highest BCUT2D eigenvalue weighted by Crippen LogP contribution is 2.28. The highest BCUT2D eigenvalue weighted by Gasteiger charge is 2.17. The number of rotatable bonds is 3. The standard InChI is InChI=1S/C18H15BrClN3O2/c1-11-13-5-3-4-6-14(13)18(25)23(21-11)10-17(24)22(2)16-8-7-12(19)9-15(16)20/h3-9H,10H2,1-2H3. The van der Waals surface area contributed by atoms with Gasteiger partial charge in [0.25, 0.3) is 5.56 Å². The van der Waals surface area contributed by atoms with Crippen molar-refractivity contribution in [2.24, 2.45) is 0 Å². The first-order chi connectivity index (χ1) is 11.9. The molecule has 7 heteroatoms. The van der Waals surface area contributed by atoms with Crippen LogP contribution < -0.4 is 10.5 Å². The maximum Gasteiger partial charge on any atom is 0.275 e. The highest BCUT2D eigenvalue weighted by molar-refractivity contribution is 9.10. The third kappa shape index (κ3) is 3.45. The molecule has 5 nitrogen and oxygen atoms in total. The van der Waals surface area contributed by atoms with Crippen molar-refractivity contribution in [3.63, 3.8) is 0 Å². The first-order valence-electron chi connectivity index (χ1n) is 7.56. The maximum absolute atomic E-state index is 12.6. The van der Waals surface area contributed by atoms with Crippen LogP contribution in [0.25, 0.3) is 10.8 Å². The van der Waals surface area contributed by atoms with Gasteiger partial charge in [-0.25, -0.2) is 4.68 Å². The number of carbonyl (C=O) groups excluding carboxylic acids is 1. The maximum atomic E-state index is 12.6. The molecular weight excluding hydrogens is 406 g/mol. The summed E-state index contributed by atoms with van der Waals surface area (Å²) >= 11 is 9.53. The molecule has 128 valence electrons. The summed E-state index contributed by atoms with van der Waals surface area (Å²) < 4.78 is 2.02. The van der Waals surface area contributed by atoms with Crippen molar-refractivity contribution < 1.29 is 4.79 Å². The topological polar surface area (TPSA) is 55.2 Å². The lowest BCUT2D eigenvalue weighted by Crippen LogP contribution is -2.35. The molecule has 0 saturated heterocycles. The summed E-state index contributed by atoms with van der Waals surface area (Å²) in [5.41, 5.74) is 0.984. The number of benzene rings is 2. The monoisotopic (exact) mass is 419 g/mol. The zero-order valence-electron chi connectivity index (χ0n) is 13.7. The van der Waals surface area contributed by atoms with Crippen molar-refractivity contribution in [3.8, 4) is 0 Å². The van der Waals surface area contributed by atoms with Gasteiger partial charge < -0.3 is 4.90 Å². The second kappa shape index (κ2) is 6.98. The quantitative estimate of drug-likeness (QED) is 0.648. The van der Waals surface area contributed by atoms with E-state index in [4.69, 9.17) is 11.6 Å².